The van der Waals surface area contributed by atoms with Gasteiger partial charge in [-0.25, -0.2) is 4.79 Å². The van der Waals surface area contributed by atoms with Gasteiger partial charge in [-0.15, -0.1) is 0 Å². The average Bonchev–Trinajstić information content (AvgIpc) is 2.78. The molecule has 0 aromatic heterocycles. The second-order valence-electron chi connectivity index (χ2n) is 8.54. The third-order valence-electron chi connectivity index (χ3n) is 5.86. The molecule has 0 bridgehead atoms. The predicted molar refractivity (Wildman–Crippen MR) is 138 cm³/mol. The maximum atomic E-state index is 12.7. The van der Waals surface area contributed by atoms with Gasteiger partial charge in [0.05, 0.1) is 0 Å². The third-order valence-corrected chi connectivity index (χ3v) is 6.28. The van der Waals surface area contributed by atoms with Crippen LogP contribution in [0.4, 0.5) is 5.69 Å². The van der Waals surface area contributed by atoms with Crippen molar-refractivity contribution in [2.75, 3.05) is 11.9 Å². The van der Waals surface area contributed by atoms with Crippen molar-refractivity contribution in [1.82, 2.24) is 5.32 Å². The minimum Gasteiger partial charge on any atom is -0.480 e. The minimum atomic E-state index is -1.16. The van der Waals surface area contributed by atoms with Crippen LogP contribution in [0.5, 0.6) is 0 Å². The summed E-state index contributed by atoms with van der Waals surface area (Å²) >= 11 is 6.16. The van der Waals surface area contributed by atoms with Crippen molar-refractivity contribution >= 4 is 29.2 Å². The van der Waals surface area contributed by atoms with Gasteiger partial charge in [0.2, 0.25) is 0 Å². The Hall–Kier alpha value is -3.35. The maximum Gasteiger partial charge on any atom is 0.327 e. The van der Waals surface area contributed by atoms with E-state index in [2.05, 4.69) is 29.7 Å². The summed E-state index contributed by atoms with van der Waals surface area (Å²) in [5.41, 5.74) is 12.6. The molecule has 6 nitrogen and oxygen atoms in total. The van der Waals surface area contributed by atoms with Gasteiger partial charge in [0.25, 0.3) is 5.91 Å². The molecule has 0 aliphatic carbocycles. The summed E-state index contributed by atoms with van der Waals surface area (Å²) in [6.45, 7) is 7.60. The van der Waals surface area contributed by atoms with Gasteiger partial charge in [-0.2, -0.15) is 0 Å². The van der Waals surface area contributed by atoms with E-state index in [1.54, 1.807) is 0 Å². The van der Waals surface area contributed by atoms with Crippen LogP contribution in [0.15, 0.2) is 54.6 Å². The van der Waals surface area contributed by atoms with Crippen LogP contribution >= 0.6 is 11.6 Å². The molecule has 0 saturated heterocycles. The molecule has 2 atom stereocenters. The lowest BCUT2D eigenvalue weighted by molar-refractivity contribution is -0.138. The first kappa shape index (κ1) is 25.3. The second kappa shape index (κ2) is 10.7. The Bertz CT molecular complexity index is 1200. The van der Waals surface area contributed by atoms with Crippen LogP contribution in [-0.2, 0) is 4.79 Å². The summed E-state index contributed by atoms with van der Waals surface area (Å²) in [7, 11) is 0. The number of amides is 1. The van der Waals surface area contributed by atoms with E-state index in [9.17, 15) is 14.7 Å². The Morgan fingerprint density at radius 1 is 0.971 bits per heavy atom. The van der Waals surface area contributed by atoms with Gasteiger partial charge >= 0.3 is 5.97 Å². The Morgan fingerprint density at radius 3 is 2.24 bits per heavy atom. The molecule has 0 aliphatic rings. The van der Waals surface area contributed by atoms with Crippen molar-refractivity contribution in [3.63, 3.8) is 0 Å². The SMILES string of the molecule is Cc1cc(C(C)Nc2cccc(-c3cc(C)c(C(=O)NC(CN)C(=O)O)c(C)c3)c2)ccc1Cl. The van der Waals surface area contributed by atoms with E-state index in [1.165, 1.54) is 0 Å². The zero-order valence-corrected chi connectivity index (χ0v) is 20.5. The highest BCUT2D eigenvalue weighted by Crippen LogP contribution is 2.29. The van der Waals surface area contributed by atoms with Gasteiger partial charge in [0, 0.05) is 28.9 Å². The monoisotopic (exact) mass is 479 g/mol. The van der Waals surface area contributed by atoms with E-state index in [4.69, 9.17) is 17.3 Å². The van der Waals surface area contributed by atoms with Crippen molar-refractivity contribution in [1.29, 1.82) is 0 Å². The Labute approximate surface area is 205 Å². The topological polar surface area (TPSA) is 104 Å². The van der Waals surface area contributed by atoms with Gasteiger partial charge < -0.3 is 21.5 Å². The number of aryl methyl sites for hydroxylation is 3. The number of hydrogen-bond acceptors (Lipinski definition) is 4. The standard InChI is InChI=1S/C27H30ClN3O3/c1-15-10-19(8-9-23(15)28)18(4)30-22-7-5-6-20(13-22)21-11-16(2)25(17(3)12-21)26(32)31-24(14-29)27(33)34/h5-13,18,24,30H,14,29H2,1-4H3,(H,31,32)(H,33,34). The molecular weight excluding hydrogens is 450 g/mol. The molecule has 2 unspecified atom stereocenters. The fraction of sp³-hybridized carbons (Fsp3) is 0.259. The van der Waals surface area contributed by atoms with Crippen molar-refractivity contribution in [3.05, 3.63) is 87.4 Å². The van der Waals surface area contributed by atoms with Gasteiger partial charge in [-0.05, 0) is 79.3 Å². The Balaban J connectivity index is 1.84. The number of benzene rings is 3. The molecule has 3 rings (SSSR count). The molecule has 0 saturated carbocycles. The number of nitrogens with two attached hydrogens (primary N) is 1. The highest BCUT2D eigenvalue weighted by atomic mass is 35.5. The molecule has 7 heteroatoms. The number of hydrogen-bond donors (Lipinski definition) is 4. The van der Waals surface area contributed by atoms with Crippen molar-refractivity contribution in [2.24, 2.45) is 5.73 Å². The summed E-state index contributed by atoms with van der Waals surface area (Å²) < 4.78 is 0. The van der Waals surface area contributed by atoms with Crippen LogP contribution in [-0.4, -0.2) is 29.6 Å². The van der Waals surface area contributed by atoms with E-state index in [-0.39, 0.29) is 12.6 Å². The number of nitrogens with one attached hydrogen (secondary N) is 2. The lowest BCUT2D eigenvalue weighted by atomic mass is 9.94. The number of carboxylic acids is 1. The molecule has 1 amide bonds. The van der Waals surface area contributed by atoms with Crippen molar-refractivity contribution in [2.45, 2.75) is 39.8 Å². The molecule has 5 N–H and O–H groups in total. The first-order chi connectivity index (χ1) is 16.1. The van der Waals surface area contributed by atoms with E-state index in [0.29, 0.717) is 5.56 Å². The first-order valence-corrected chi connectivity index (χ1v) is 11.5. The summed E-state index contributed by atoms with van der Waals surface area (Å²) in [4.78, 5) is 23.9. The molecule has 0 radical (unpaired) electrons. The van der Waals surface area contributed by atoms with Gasteiger partial charge in [0.15, 0.2) is 0 Å². The van der Waals surface area contributed by atoms with Crippen LogP contribution in [0.25, 0.3) is 11.1 Å². The Kier molecular flexibility index (Phi) is 7.97. The molecule has 0 heterocycles. The van der Waals surface area contributed by atoms with Crippen molar-refractivity contribution in [3.8, 4) is 11.1 Å². The van der Waals surface area contributed by atoms with Crippen LogP contribution in [0.2, 0.25) is 5.02 Å². The molecular formula is C27H30ClN3O3. The summed E-state index contributed by atoms with van der Waals surface area (Å²) in [5, 5.41) is 16.0. The van der Waals surface area contributed by atoms with Crippen molar-refractivity contribution < 1.29 is 14.7 Å². The van der Waals surface area contributed by atoms with Crippen LogP contribution < -0.4 is 16.4 Å². The number of carboxylic acid groups (broad SMARTS) is 1. The zero-order chi connectivity index (χ0) is 25.0. The van der Waals surface area contributed by atoms with Gasteiger partial charge in [-0.1, -0.05) is 48.0 Å². The lowest BCUT2D eigenvalue weighted by Gasteiger charge is -2.18. The van der Waals surface area contributed by atoms with E-state index in [1.807, 2.05) is 63.2 Å². The first-order valence-electron chi connectivity index (χ1n) is 11.1. The zero-order valence-electron chi connectivity index (χ0n) is 19.8. The number of carbonyl (C=O) groups is 2. The quantitative estimate of drug-likeness (QED) is 0.353. The van der Waals surface area contributed by atoms with Gasteiger partial charge in [-0.3, -0.25) is 4.79 Å². The second-order valence-corrected chi connectivity index (χ2v) is 8.95. The number of carbonyl (C=O) groups excluding carboxylic acids is 1. The average molecular weight is 480 g/mol. The van der Waals surface area contributed by atoms with Crippen LogP contribution in [0.3, 0.4) is 0 Å². The van der Waals surface area contributed by atoms with Crippen LogP contribution in [0.1, 0.15) is 45.6 Å². The number of rotatable bonds is 8. The molecule has 34 heavy (non-hydrogen) atoms. The van der Waals surface area contributed by atoms with E-state index < -0.39 is 17.9 Å². The minimum absolute atomic E-state index is 0.0884. The molecule has 3 aromatic rings. The summed E-state index contributed by atoms with van der Waals surface area (Å²) in [6.07, 6.45) is 0. The smallest absolute Gasteiger partial charge is 0.327 e. The van der Waals surface area contributed by atoms with E-state index >= 15 is 0 Å². The fourth-order valence-corrected chi connectivity index (χ4v) is 4.12. The summed E-state index contributed by atoms with van der Waals surface area (Å²) in [5.74, 6) is -1.60. The number of halogens is 1. The largest absolute Gasteiger partial charge is 0.480 e. The van der Waals surface area contributed by atoms with E-state index in [0.717, 1.165) is 44.1 Å². The van der Waals surface area contributed by atoms with Gasteiger partial charge in [0.1, 0.15) is 6.04 Å². The number of aliphatic carboxylic acids is 1. The molecule has 3 aromatic carbocycles. The third kappa shape index (κ3) is 5.76. The van der Waals surface area contributed by atoms with Crippen LogP contribution in [0, 0.1) is 20.8 Å². The Morgan fingerprint density at radius 2 is 1.65 bits per heavy atom. The highest BCUT2D eigenvalue weighted by molar-refractivity contribution is 6.31. The molecule has 178 valence electrons. The highest BCUT2D eigenvalue weighted by Gasteiger charge is 2.21. The fourth-order valence-electron chi connectivity index (χ4n) is 4.00. The molecule has 0 spiro atoms. The molecule has 0 aliphatic heterocycles. The predicted octanol–water partition coefficient (Wildman–Crippen LogP) is 5.25. The molecule has 0 fully saturated rings. The normalized spacial score (nSPS) is 12.6. The lowest BCUT2D eigenvalue weighted by Crippen LogP contribution is -2.46. The summed E-state index contributed by atoms with van der Waals surface area (Å²) in [6, 6.07) is 16.9. The number of anilines is 1. The maximum absolute atomic E-state index is 12.7.